The van der Waals surface area contributed by atoms with Gasteiger partial charge >= 0.3 is 0 Å². The van der Waals surface area contributed by atoms with Crippen LogP contribution in [-0.4, -0.2) is 25.2 Å². The lowest BCUT2D eigenvalue weighted by atomic mass is 10.1. The number of ether oxygens (including phenoxy) is 1. The number of nitrogens with one attached hydrogen (secondary N) is 1. The Bertz CT molecular complexity index is 341. The van der Waals surface area contributed by atoms with Gasteiger partial charge in [0.25, 0.3) is 0 Å². The van der Waals surface area contributed by atoms with Gasteiger partial charge in [-0.25, -0.2) is 0 Å². The Hall–Kier alpha value is -1.39. The second-order valence-corrected chi connectivity index (χ2v) is 3.96. The van der Waals surface area contributed by atoms with Gasteiger partial charge in [0.2, 0.25) is 5.91 Å². The topological polar surface area (TPSA) is 64.3 Å². The summed E-state index contributed by atoms with van der Waals surface area (Å²) in [4.78, 5) is 11.8. The third-order valence-corrected chi connectivity index (χ3v) is 2.40. The highest BCUT2D eigenvalue weighted by Crippen LogP contribution is 2.09. The van der Waals surface area contributed by atoms with E-state index in [0.717, 1.165) is 5.56 Å². The van der Waals surface area contributed by atoms with Crippen molar-refractivity contribution in [1.82, 2.24) is 5.32 Å². The summed E-state index contributed by atoms with van der Waals surface area (Å²) in [6, 6.07) is 8.66. The lowest BCUT2D eigenvalue weighted by molar-refractivity contribution is -0.123. The lowest BCUT2D eigenvalue weighted by Gasteiger charge is -2.17. The van der Waals surface area contributed by atoms with Gasteiger partial charge in [0.1, 0.15) is 6.04 Å². The van der Waals surface area contributed by atoms with Crippen molar-refractivity contribution >= 4 is 5.91 Å². The van der Waals surface area contributed by atoms with Crippen LogP contribution < -0.4 is 11.1 Å². The molecule has 0 aromatic heterocycles. The minimum Gasteiger partial charge on any atom is -0.380 e. The molecule has 0 saturated carbocycles. The van der Waals surface area contributed by atoms with E-state index in [2.05, 4.69) is 5.32 Å². The molecule has 2 atom stereocenters. The first-order valence-corrected chi connectivity index (χ1v) is 5.83. The Labute approximate surface area is 102 Å². The van der Waals surface area contributed by atoms with E-state index >= 15 is 0 Å². The average molecular weight is 236 g/mol. The molecule has 1 aromatic rings. The smallest absolute Gasteiger partial charge is 0.241 e. The molecule has 0 spiro atoms. The minimum absolute atomic E-state index is 0.0304. The summed E-state index contributed by atoms with van der Waals surface area (Å²) in [5.41, 5.74) is 6.68. The fraction of sp³-hybridized carbons (Fsp3) is 0.462. The van der Waals surface area contributed by atoms with Crippen LogP contribution in [-0.2, 0) is 9.53 Å². The highest BCUT2D eigenvalue weighted by molar-refractivity contribution is 5.83. The van der Waals surface area contributed by atoms with Gasteiger partial charge in [-0.2, -0.15) is 0 Å². The zero-order chi connectivity index (χ0) is 12.7. The molecule has 2 unspecified atom stereocenters. The summed E-state index contributed by atoms with van der Waals surface area (Å²) < 4.78 is 5.23. The first kappa shape index (κ1) is 13.7. The Balaban J connectivity index is 2.47. The van der Waals surface area contributed by atoms with Crippen molar-refractivity contribution in [3.05, 3.63) is 35.9 Å². The zero-order valence-electron chi connectivity index (χ0n) is 10.3. The SMILES string of the molecule is CCOCC(C)NC(=O)C(N)c1ccccc1. The van der Waals surface area contributed by atoms with E-state index in [0.29, 0.717) is 13.2 Å². The van der Waals surface area contributed by atoms with E-state index in [1.54, 1.807) is 0 Å². The highest BCUT2D eigenvalue weighted by atomic mass is 16.5. The summed E-state index contributed by atoms with van der Waals surface area (Å²) >= 11 is 0. The fourth-order valence-electron chi connectivity index (χ4n) is 1.48. The van der Waals surface area contributed by atoms with Gasteiger partial charge in [-0.3, -0.25) is 4.79 Å². The van der Waals surface area contributed by atoms with E-state index in [4.69, 9.17) is 10.5 Å². The summed E-state index contributed by atoms with van der Waals surface area (Å²) in [6.07, 6.45) is 0. The van der Waals surface area contributed by atoms with Crippen molar-refractivity contribution in [2.75, 3.05) is 13.2 Å². The Morgan fingerprint density at radius 1 is 1.41 bits per heavy atom. The van der Waals surface area contributed by atoms with Crippen molar-refractivity contribution in [3.63, 3.8) is 0 Å². The molecule has 0 fully saturated rings. The van der Waals surface area contributed by atoms with Gasteiger partial charge in [-0.1, -0.05) is 30.3 Å². The van der Waals surface area contributed by atoms with E-state index in [9.17, 15) is 4.79 Å². The monoisotopic (exact) mass is 236 g/mol. The van der Waals surface area contributed by atoms with Gasteiger partial charge in [0.15, 0.2) is 0 Å². The van der Waals surface area contributed by atoms with Crippen molar-refractivity contribution < 1.29 is 9.53 Å². The molecule has 94 valence electrons. The van der Waals surface area contributed by atoms with Gasteiger partial charge < -0.3 is 15.8 Å². The maximum absolute atomic E-state index is 11.8. The van der Waals surface area contributed by atoms with Crippen LogP contribution in [0.25, 0.3) is 0 Å². The predicted octanol–water partition coefficient (Wildman–Crippen LogP) is 1.23. The molecule has 4 heteroatoms. The molecular weight excluding hydrogens is 216 g/mol. The van der Waals surface area contributed by atoms with Gasteiger partial charge in [-0.05, 0) is 19.4 Å². The van der Waals surface area contributed by atoms with Crippen LogP contribution in [0.15, 0.2) is 30.3 Å². The van der Waals surface area contributed by atoms with E-state index in [-0.39, 0.29) is 11.9 Å². The standard InChI is InChI=1S/C13H20N2O2/c1-3-17-9-10(2)15-13(16)12(14)11-7-5-4-6-8-11/h4-8,10,12H,3,9,14H2,1-2H3,(H,15,16). The molecule has 0 aliphatic carbocycles. The van der Waals surface area contributed by atoms with Crippen molar-refractivity contribution in [2.45, 2.75) is 25.9 Å². The normalized spacial score (nSPS) is 14.1. The third-order valence-electron chi connectivity index (χ3n) is 2.40. The number of hydrogen-bond acceptors (Lipinski definition) is 3. The van der Waals surface area contributed by atoms with Gasteiger partial charge in [0.05, 0.1) is 6.61 Å². The maximum Gasteiger partial charge on any atom is 0.241 e. The van der Waals surface area contributed by atoms with Crippen LogP contribution in [0.5, 0.6) is 0 Å². The van der Waals surface area contributed by atoms with Crippen LogP contribution in [0.4, 0.5) is 0 Å². The molecule has 1 rings (SSSR count). The Kier molecular flexibility index (Phi) is 5.66. The van der Waals surface area contributed by atoms with Crippen LogP contribution in [0, 0.1) is 0 Å². The van der Waals surface area contributed by atoms with Gasteiger partial charge in [0, 0.05) is 12.6 Å². The molecule has 0 aliphatic heterocycles. The summed E-state index contributed by atoms with van der Waals surface area (Å²) in [7, 11) is 0. The molecule has 3 N–H and O–H groups in total. The first-order chi connectivity index (χ1) is 8.15. The zero-order valence-corrected chi connectivity index (χ0v) is 10.3. The molecule has 17 heavy (non-hydrogen) atoms. The number of benzene rings is 1. The maximum atomic E-state index is 11.8. The molecule has 4 nitrogen and oxygen atoms in total. The van der Waals surface area contributed by atoms with Crippen LogP contribution in [0.1, 0.15) is 25.5 Å². The summed E-state index contributed by atoms with van der Waals surface area (Å²) in [6.45, 7) is 4.96. The minimum atomic E-state index is -0.625. The van der Waals surface area contributed by atoms with Crippen molar-refractivity contribution in [2.24, 2.45) is 5.73 Å². The molecule has 0 saturated heterocycles. The molecular formula is C13H20N2O2. The van der Waals surface area contributed by atoms with Crippen molar-refractivity contribution in [1.29, 1.82) is 0 Å². The number of hydrogen-bond donors (Lipinski definition) is 2. The first-order valence-electron chi connectivity index (χ1n) is 5.83. The molecule has 0 bridgehead atoms. The largest absolute Gasteiger partial charge is 0.380 e. The second kappa shape index (κ2) is 7.04. The average Bonchev–Trinajstić information content (AvgIpc) is 2.36. The lowest BCUT2D eigenvalue weighted by Crippen LogP contribution is -2.41. The Morgan fingerprint density at radius 3 is 2.65 bits per heavy atom. The number of rotatable bonds is 6. The number of carbonyl (C=O) groups is 1. The van der Waals surface area contributed by atoms with E-state index in [1.165, 1.54) is 0 Å². The van der Waals surface area contributed by atoms with E-state index in [1.807, 2.05) is 44.2 Å². The third kappa shape index (κ3) is 4.54. The molecule has 1 amide bonds. The van der Waals surface area contributed by atoms with Crippen molar-refractivity contribution in [3.8, 4) is 0 Å². The predicted molar refractivity (Wildman–Crippen MR) is 67.5 cm³/mol. The highest BCUT2D eigenvalue weighted by Gasteiger charge is 2.17. The quantitative estimate of drug-likeness (QED) is 0.780. The van der Waals surface area contributed by atoms with Crippen LogP contribution in [0.3, 0.4) is 0 Å². The number of amides is 1. The number of nitrogens with two attached hydrogens (primary N) is 1. The van der Waals surface area contributed by atoms with E-state index < -0.39 is 6.04 Å². The molecule has 0 radical (unpaired) electrons. The fourth-order valence-corrected chi connectivity index (χ4v) is 1.48. The van der Waals surface area contributed by atoms with Crippen LogP contribution >= 0.6 is 0 Å². The van der Waals surface area contributed by atoms with Crippen LogP contribution in [0.2, 0.25) is 0 Å². The molecule has 1 aromatic carbocycles. The molecule has 0 aliphatic rings. The van der Waals surface area contributed by atoms with Gasteiger partial charge in [-0.15, -0.1) is 0 Å². The summed E-state index contributed by atoms with van der Waals surface area (Å²) in [5.74, 6) is -0.177. The Morgan fingerprint density at radius 2 is 2.06 bits per heavy atom. The second-order valence-electron chi connectivity index (χ2n) is 3.96. The number of carbonyl (C=O) groups excluding carboxylic acids is 1. The summed E-state index contributed by atoms with van der Waals surface area (Å²) in [5, 5.41) is 2.82. The molecule has 0 heterocycles.